The van der Waals surface area contributed by atoms with E-state index in [4.69, 9.17) is 4.74 Å². The van der Waals surface area contributed by atoms with E-state index < -0.39 is 5.25 Å². The highest BCUT2D eigenvalue weighted by molar-refractivity contribution is 8.15. The summed E-state index contributed by atoms with van der Waals surface area (Å²) < 4.78 is 5.39. The molecule has 0 radical (unpaired) electrons. The second kappa shape index (κ2) is 8.73. The number of ether oxygens (including phenoxy) is 1. The predicted octanol–water partition coefficient (Wildman–Crippen LogP) is 3.64. The van der Waals surface area contributed by atoms with Crippen molar-refractivity contribution >= 4 is 40.1 Å². The lowest BCUT2D eigenvalue weighted by molar-refractivity contribution is -0.123. The molecule has 3 rings (SSSR count). The number of benzene rings is 2. The molecule has 2 aromatic carbocycles. The molecule has 1 aliphatic heterocycles. The normalized spacial score (nSPS) is 18.1. The zero-order valence-electron chi connectivity index (χ0n) is 15.2. The van der Waals surface area contributed by atoms with E-state index in [0.29, 0.717) is 17.5 Å². The maximum absolute atomic E-state index is 12.6. The molecular weight excluding hydrogens is 362 g/mol. The summed E-state index contributed by atoms with van der Waals surface area (Å²) in [5.74, 6) is 0.302. The number of anilines is 1. The molecule has 1 atom stereocenters. The van der Waals surface area contributed by atoms with E-state index in [0.717, 1.165) is 17.0 Å². The molecular formula is C20H21N3O3S. The number of rotatable bonds is 5. The van der Waals surface area contributed by atoms with Crippen molar-refractivity contribution in [1.29, 1.82) is 0 Å². The first-order chi connectivity index (χ1) is 13.0. The zero-order chi connectivity index (χ0) is 19.2. The maximum Gasteiger partial charge on any atom is 0.238 e. The van der Waals surface area contributed by atoms with Gasteiger partial charge in [-0.25, -0.2) is 4.99 Å². The van der Waals surface area contributed by atoms with Crippen LogP contribution in [0.5, 0.6) is 5.75 Å². The molecule has 0 spiro atoms. The third-order valence-electron chi connectivity index (χ3n) is 3.86. The molecule has 0 aromatic heterocycles. The van der Waals surface area contributed by atoms with Crippen LogP contribution >= 0.6 is 11.8 Å². The van der Waals surface area contributed by atoms with Crippen LogP contribution in [0.2, 0.25) is 0 Å². The van der Waals surface area contributed by atoms with Gasteiger partial charge < -0.3 is 15.4 Å². The van der Waals surface area contributed by atoms with Gasteiger partial charge in [0.25, 0.3) is 0 Å². The fourth-order valence-corrected chi connectivity index (χ4v) is 3.51. The molecule has 0 bridgehead atoms. The number of hydrogen-bond acceptors (Lipinski definition) is 5. The summed E-state index contributed by atoms with van der Waals surface area (Å²) in [7, 11) is 0. The van der Waals surface area contributed by atoms with Crippen molar-refractivity contribution in [2.45, 2.75) is 25.5 Å². The highest BCUT2D eigenvalue weighted by Gasteiger charge is 2.30. The highest BCUT2D eigenvalue weighted by atomic mass is 32.2. The van der Waals surface area contributed by atoms with E-state index in [1.165, 1.54) is 11.8 Å². The average molecular weight is 383 g/mol. The van der Waals surface area contributed by atoms with Crippen molar-refractivity contribution in [3.05, 3.63) is 54.1 Å². The Balaban J connectivity index is 1.67. The summed E-state index contributed by atoms with van der Waals surface area (Å²) in [6.07, 6.45) is 0.112. The molecule has 27 heavy (non-hydrogen) atoms. The minimum atomic E-state index is -0.533. The van der Waals surface area contributed by atoms with E-state index in [-0.39, 0.29) is 18.2 Å². The fourth-order valence-electron chi connectivity index (χ4n) is 2.51. The van der Waals surface area contributed by atoms with E-state index in [1.54, 1.807) is 24.3 Å². The van der Waals surface area contributed by atoms with Crippen LogP contribution in [-0.4, -0.2) is 28.8 Å². The number of aliphatic imine (C=N–C) groups is 1. The summed E-state index contributed by atoms with van der Waals surface area (Å²) >= 11 is 1.25. The van der Waals surface area contributed by atoms with Gasteiger partial charge in [0.05, 0.1) is 12.3 Å². The smallest absolute Gasteiger partial charge is 0.238 e. The Bertz CT molecular complexity index is 848. The Labute approximate surface area is 162 Å². The van der Waals surface area contributed by atoms with Crippen LogP contribution in [0.15, 0.2) is 53.5 Å². The number of amides is 2. The quantitative estimate of drug-likeness (QED) is 0.826. The summed E-state index contributed by atoms with van der Waals surface area (Å²) in [5.41, 5.74) is 2.52. The van der Waals surface area contributed by atoms with Gasteiger partial charge in [0, 0.05) is 12.1 Å². The molecule has 7 heteroatoms. The van der Waals surface area contributed by atoms with Gasteiger partial charge in [0.15, 0.2) is 5.17 Å². The molecule has 2 aromatic rings. The zero-order valence-corrected chi connectivity index (χ0v) is 16.0. The van der Waals surface area contributed by atoms with E-state index >= 15 is 0 Å². The van der Waals surface area contributed by atoms with E-state index in [1.807, 2.05) is 38.1 Å². The topological polar surface area (TPSA) is 79.8 Å². The van der Waals surface area contributed by atoms with Crippen LogP contribution in [-0.2, 0) is 9.59 Å². The minimum Gasteiger partial charge on any atom is -0.494 e. The molecule has 140 valence electrons. The summed E-state index contributed by atoms with van der Waals surface area (Å²) in [6.45, 7) is 4.49. The van der Waals surface area contributed by atoms with Gasteiger partial charge in [-0.15, -0.1) is 0 Å². The van der Waals surface area contributed by atoms with Crippen molar-refractivity contribution in [3.8, 4) is 5.75 Å². The van der Waals surface area contributed by atoms with Crippen molar-refractivity contribution in [1.82, 2.24) is 5.32 Å². The van der Waals surface area contributed by atoms with Crippen LogP contribution in [0.1, 0.15) is 18.9 Å². The Morgan fingerprint density at radius 1 is 1.22 bits per heavy atom. The summed E-state index contributed by atoms with van der Waals surface area (Å²) in [4.78, 5) is 29.0. The maximum atomic E-state index is 12.6. The lowest BCUT2D eigenvalue weighted by atomic mass is 10.2. The van der Waals surface area contributed by atoms with Crippen LogP contribution in [0.4, 0.5) is 11.4 Å². The van der Waals surface area contributed by atoms with Crippen molar-refractivity contribution in [2.75, 3.05) is 11.9 Å². The molecule has 0 saturated carbocycles. The standard InChI is InChI=1S/C20H21N3O3S/c1-3-26-16-10-8-14(9-11-16)21-19(25)17-12-18(24)23-20(27-17)22-15-6-4-13(2)5-7-15/h4-11,17H,3,12H2,1-2H3,(H,21,25)(H,22,23,24)/t17-/m1/s1. The lowest BCUT2D eigenvalue weighted by Gasteiger charge is -2.22. The van der Waals surface area contributed by atoms with Crippen LogP contribution in [0.3, 0.4) is 0 Å². The third kappa shape index (κ3) is 5.34. The van der Waals surface area contributed by atoms with Crippen molar-refractivity contribution < 1.29 is 14.3 Å². The predicted molar refractivity (Wildman–Crippen MR) is 109 cm³/mol. The minimum absolute atomic E-state index is 0.112. The van der Waals surface area contributed by atoms with Gasteiger partial charge in [-0.3, -0.25) is 9.59 Å². The SMILES string of the molecule is CCOc1ccc(NC(=O)[C@H]2CC(=O)NC(=Nc3ccc(C)cc3)S2)cc1. The number of nitrogens with zero attached hydrogens (tertiary/aromatic N) is 1. The number of nitrogens with one attached hydrogen (secondary N) is 2. The molecule has 0 unspecified atom stereocenters. The van der Waals surface area contributed by atoms with E-state index in [9.17, 15) is 9.59 Å². The van der Waals surface area contributed by atoms with Crippen LogP contribution < -0.4 is 15.4 Å². The average Bonchev–Trinajstić information content (AvgIpc) is 2.65. The number of aryl methyl sites for hydroxylation is 1. The van der Waals surface area contributed by atoms with Gasteiger partial charge in [-0.2, -0.15) is 0 Å². The lowest BCUT2D eigenvalue weighted by Crippen LogP contribution is -2.41. The first-order valence-electron chi connectivity index (χ1n) is 8.69. The van der Waals surface area contributed by atoms with Gasteiger partial charge >= 0.3 is 0 Å². The number of hydrogen-bond donors (Lipinski definition) is 2. The van der Waals surface area contributed by atoms with Crippen LogP contribution in [0.25, 0.3) is 0 Å². The van der Waals surface area contributed by atoms with Crippen molar-refractivity contribution in [2.24, 2.45) is 4.99 Å². The van der Waals surface area contributed by atoms with Crippen molar-refractivity contribution in [3.63, 3.8) is 0 Å². The monoisotopic (exact) mass is 383 g/mol. The van der Waals surface area contributed by atoms with Crippen LogP contribution in [0, 0.1) is 6.92 Å². The molecule has 1 saturated heterocycles. The molecule has 1 aliphatic rings. The number of thioether (sulfide) groups is 1. The summed E-state index contributed by atoms with van der Waals surface area (Å²) in [5, 5.41) is 5.47. The first kappa shape index (κ1) is 19.0. The number of carbonyl (C=O) groups excluding carboxylic acids is 2. The fraction of sp³-hybridized carbons (Fsp3) is 0.250. The Morgan fingerprint density at radius 2 is 1.93 bits per heavy atom. The second-order valence-corrected chi connectivity index (χ2v) is 7.25. The Hall–Kier alpha value is -2.80. The molecule has 1 fully saturated rings. The number of amidine groups is 1. The summed E-state index contributed by atoms with van der Waals surface area (Å²) in [6, 6.07) is 14.8. The first-order valence-corrected chi connectivity index (χ1v) is 9.57. The third-order valence-corrected chi connectivity index (χ3v) is 4.94. The van der Waals surface area contributed by atoms with Gasteiger partial charge in [-0.1, -0.05) is 29.5 Å². The molecule has 6 nitrogen and oxygen atoms in total. The Kier molecular flexibility index (Phi) is 6.13. The molecule has 0 aliphatic carbocycles. The molecule has 2 amide bonds. The second-order valence-electron chi connectivity index (χ2n) is 6.06. The van der Waals surface area contributed by atoms with E-state index in [2.05, 4.69) is 15.6 Å². The Morgan fingerprint density at radius 3 is 2.59 bits per heavy atom. The largest absolute Gasteiger partial charge is 0.494 e. The molecule has 2 N–H and O–H groups in total. The van der Waals surface area contributed by atoms with Gasteiger partial charge in [0.1, 0.15) is 11.0 Å². The van der Waals surface area contributed by atoms with Gasteiger partial charge in [0.2, 0.25) is 11.8 Å². The highest BCUT2D eigenvalue weighted by Crippen LogP contribution is 2.25. The molecule has 1 heterocycles. The number of carbonyl (C=O) groups is 2. The van der Waals surface area contributed by atoms with Gasteiger partial charge in [-0.05, 0) is 50.2 Å².